The largest absolute Gasteiger partial charge is 0.395 e. The molecule has 0 fully saturated rings. The smallest absolute Gasteiger partial charge is 0.234 e. The first-order chi connectivity index (χ1) is 9.80. The molecule has 0 heterocycles. The summed E-state index contributed by atoms with van der Waals surface area (Å²) in [4.78, 5) is 11.9. The highest BCUT2D eigenvalue weighted by atomic mass is 32.2. The van der Waals surface area contributed by atoms with Crippen LogP contribution in [-0.2, 0) is 4.79 Å². The topological polar surface area (TPSA) is 49.3 Å². The van der Waals surface area contributed by atoms with E-state index in [1.807, 2.05) is 25.1 Å². The van der Waals surface area contributed by atoms with Crippen molar-refractivity contribution in [3.63, 3.8) is 0 Å². The van der Waals surface area contributed by atoms with Crippen LogP contribution in [0.5, 0.6) is 0 Å². The Labute approximate surface area is 131 Å². The van der Waals surface area contributed by atoms with Gasteiger partial charge < -0.3 is 10.4 Å². The number of nitrogens with one attached hydrogen (secondary N) is 1. The molecule has 0 aliphatic carbocycles. The minimum absolute atomic E-state index is 0.00482. The van der Waals surface area contributed by atoms with Gasteiger partial charge in [0.1, 0.15) is 0 Å². The fourth-order valence-electron chi connectivity index (χ4n) is 1.63. The molecule has 0 saturated carbocycles. The molecule has 0 aromatic heterocycles. The van der Waals surface area contributed by atoms with Crippen LogP contribution in [0.1, 0.15) is 38.3 Å². The summed E-state index contributed by atoms with van der Waals surface area (Å²) in [6.45, 7) is 8.30. The Balaban J connectivity index is 2.71. The number of aliphatic hydroxyl groups excluding tert-OH is 1. The number of rotatable bonds is 4. The Bertz CT molecular complexity index is 550. The Kier molecular flexibility index (Phi) is 6.80. The van der Waals surface area contributed by atoms with Crippen LogP contribution < -0.4 is 5.32 Å². The zero-order valence-electron chi connectivity index (χ0n) is 13.1. The van der Waals surface area contributed by atoms with Crippen molar-refractivity contribution in [3.05, 3.63) is 29.3 Å². The monoisotopic (exact) mass is 305 g/mol. The number of carbonyl (C=O) groups is 1. The number of aliphatic hydroxyl groups is 1. The van der Waals surface area contributed by atoms with E-state index < -0.39 is 0 Å². The standard InChI is InChI=1S/C17H23NO2S/c1-13-9-14(7-5-6-8-19)11-15(10-13)18-16(20)12-21-17(2,3)4/h9-11,19H,6,8,12H2,1-4H3,(H,18,20). The first kappa shape index (κ1) is 17.6. The number of thioether (sulfide) groups is 1. The predicted octanol–water partition coefficient (Wildman–Crippen LogP) is 3.20. The van der Waals surface area contributed by atoms with E-state index in [1.165, 1.54) is 0 Å². The molecule has 1 aromatic carbocycles. The molecule has 2 N–H and O–H groups in total. The van der Waals surface area contributed by atoms with Crippen molar-refractivity contribution in [2.45, 2.75) is 38.9 Å². The SMILES string of the molecule is Cc1cc(C#CCCO)cc(NC(=O)CSC(C)(C)C)c1. The third-order valence-corrected chi connectivity index (χ3v) is 3.74. The van der Waals surface area contributed by atoms with Gasteiger partial charge in [-0.1, -0.05) is 32.6 Å². The second-order valence-electron chi connectivity index (χ2n) is 5.81. The number of amides is 1. The highest BCUT2D eigenvalue weighted by molar-refractivity contribution is 8.01. The summed E-state index contributed by atoms with van der Waals surface area (Å²) in [5.41, 5.74) is 2.66. The molecule has 4 heteroatoms. The lowest BCUT2D eigenvalue weighted by Gasteiger charge is -2.17. The van der Waals surface area contributed by atoms with Crippen LogP contribution in [0.2, 0.25) is 0 Å². The van der Waals surface area contributed by atoms with E-state index >= 15 is 0 Å². The quantitative estimate of drug-likeness (QED) is 0.840. The van der Waals surface area contributed by atoms with Crippen LogP contribution in [0.3, 0.4) is 0 Å². The average Bonchev–Trinajstić information content (AvgIpc) is 2.35. The van der Waals surface area contributed by atoms with Crippen molar-refractivity contribution < 1.29 is 9.90 Å². The fraction of sp³-hybridized carbons (Fsp3) is 0.471. The lowest BCUT2D eigenvalue weighted by atomic mass is 10.1. The Morgan fingerprint density at radius 1 is 1.33 bits per heavy atom. The van der Waals surface area contributed by atoms with E-state index in [9.17, 15) is 4.79 Å². The van der Waals surface area contributed by atoms with Gasteiger partial charge in [-0.2, -0.15) is 0 Å². The van der Waals surface area contributed by atoms with E-state index in [4.69, 9.17) is 5.11 Å². The van der Waals surface area contributed by atoms with Gasteiger partial charge in [0, 0.05) is 22.4 Å². The molecule has 0 bridgehead atoms. The van der Waals surface area contributed by atoms with Crippen molar-refractivity contribution in [1.82, 2.24) is 0 Å². The second-order valence-corrected chi connectivity index (χ2v) is 7.61. The number of anilines is 1. The normalized spacial score (nSPS) is 10.7. The molecule has 1 aromatic rings. The third kappa shape index (κ3) is 7.79. The average molecular weight is 305 g/mol. The third-order valence-electron chi connectivity index (χ3n) is 2.47. The van der Waals surface area contributed by atoms with Crippen molar-refractivity contribution >= 4 is 23.4 Å². The maximum atomic E-state index is 11.9. The summed E-state index contributed by atoms with van der Waals surface area (Å²) in [7, 11) is 0. The summed E-state index contributed by atoms with van der Waals surface area (Å²) >= 11 is 1.62. The summed E-state index contributed by atoms with van der Waals surface area (Å²) in [6, 6.07) is 5.75. The minimum atomic E-state index is -0.00482. The van der Waals surface area contributed by atoms with E-state index in [2.05, 4.69) is 37.9 Å². The van der Waals surface area contributed by atoms with Gasteiger partial charge in [0.05, 0.1) is 12.4 Å². The van der Waals surface area contributed by atoms with Gasteiger partial charge in [-0.15, -0.1) is 11.8 Å². The van der Waals surface area contributed by atoms with Crippen LogP contribution >= 0.6 is 11.8 Å². The maximum absolute atomic E-state index is 11.9. The van der Waals surface area contributed by atoms with Crippen molar-refractivity contribution in [1.29, 1.82) is 0 Å². The van der Waals surface area contributed by atoms with E-state index in [-0.39, 0.29) is 17.3 Å². The summed E-state index contributed by atoms with van der Waals surface area (Å²) in [5.74, 6) is 6.31. The molecule has 3 nitrogen and oxygen atoms in total. The van der Waals surface area contributed by atoms with Crippen molar-refractivity contribution in [2.24, 2.45) is 0 Å². The molecule has 0 radical (unpaired) electrons. The zero-order chi connectivity index (χ0) is 15.9. The van der Waals surface area contributed by atoms with Crippen LogP contribution in [0, 0.1) is 18.8 Å². The van der Waals surface area contributed by atoms with Gasteiger partial charge >= 0.3 is 0 Å². The van der Waals surface area contributed by atoms with Crippen LogP contribution in [0.15, 0.2) is 18.2 Å². The first-order valence-electron chi connectivity index (χ1n) is 6.95. The molecule has 0 saturated heterocycles. The Morgan fingerprint density at radius 3 is 2.67 bits per heavy atom. The zero-order valence-corrected chi connectivity index (χ0v) is 13.9. The van der Waals surface area contributed by atoms with Crippen LogP contribution in [-0.4, -0.2) is 28.1 Å². The van der Waals surface area contributed by atoms with Gasteiger partial charge in [-0.3, -0.25) is 4.79 Å². The van der Waals surface area contributed by atoms with Crippen LogP contribution in [0.4, 0.5) is 5.69 Å². The number of hydrogen-bond donors (Lipinski definition) is 2. The molecule has 0 aliphatic heterocycles. The molecule has 1 rings (SSSR count). The number of carbonyl (C=O) groups excluding carboxylic acids is 1. The van der Waals surface area contributed by atoms with E-state index in [0.717, 1.165) is 16.8 Å². The van der Waals surface area contributed by atoms with Gasteiger partial charge in [-0.05, 0) is 30.7 Å². The molecule has 0 atom stereocenters. The summed E-state index contributed by atoms with van der Waals surface area (Å²) in [6.07, 6.45) is 0.456. The summed E-state index contributed by atoms with van der Waals surface area (Å²) in [5, 5.41) is 11.6. The Hall–Kier alpha value is -1.44. The lowest BCUT2D eigenvalue weighted by molar-refractivity contribution is -0.113. The molecular formula is C17H23NO2S. The molecule has 21 heavy (non-hydrogen) atoms. The maximum Gasteiger partial charge on any atom is 0.234 e. The summed E-state index contributed by atoms with van der Waals surface area (Å²) < 4.78 is 0.0743. The molecule has 1 amide bonds. The molecule has 0 aliphatic rings. The number of benzene rings is 1. The van der Waals surface area contributed by atoms with Crippen LogP contribution in [0.25, 0.3) is 0 Å². The first-order valence-corrected chi connectivity index (χ1v) is 7.94. The van der Waals surface area contributed by atoms with E-state index in [1.54, 1.807) is 11.8 Å². The fourth-order valence-corrected chi connectivity index (χ4v) is 2.26. The van der Waals surface area contributed by atoms with E-state index in [0.29, 0.717) is 12.2 Å². The van der Waals surface area contributed by atoms with Gasteiger partial charge in [-0.25, -0.2) is 0 Å². The van der Waals surface area contributed by atoms with Crippen molar-refractivity contribution in [2.75, 3.05) is 17.7 Å². The van der Waals surface area contributed by atoms with Crippen molar-refractivity contribution in [3.8, 4) is 11.8 Å². The molecule has 114 valence electrons. The molecule has 0 spiro atoms. The van der Waals surface area contributed by atoms with Gasteiger partial charge in [0.2, 0.25) is 5.91 Å². The Morgan fingerprint density at radius 2 is 2.05 bits per heavy atom. The molecular weight excluding hydrogens is 282 g/mol. The minimum Gasteiger partial charge on any atom is -0.395 e. The number of aryl methyl sites for hydroxylation is 1. The molecule has 0 unspecified atom stereocenters. The number of hydrogen-bond acceptors (Lipinski definition) is 3. The van der Waals surface area contributed by atoms with Gasteiger partial charge in [0.15, 0.2) is 0 Å². The lowest BCUT2D eigenvalue weighted by Crippen LogP contribution is -2.19. The highest BCUT2D eigenvalue weighted by Crippen LogP contribution is 2.23. The predicted molar refractivity (Wildman–Crippen MR) is 90.6 cm³/mol. The van der Waals surface area contributed by atoms with Gasteiger partial charge in [0.25, 0.3) is 0 Å². The second kappa shape index (κ2) is 8.11. The highest BCUT2D eigenvalue weighted by Gasteiger charge is 2.13.